The summed E-state index contributed by atoms with van der Waals surface area (Å²) in [6.07, 6.45) is 4.49. The molecule has 0 radical (unpaired) electrons. The van der Waals surface area contributed by atoms with E-state index in [1.165, 1.54) is 20.0 Å². The standard InChI is InChI=1S/C13H21N3O2/c1-4-10-15-11(13(17)18-3)12(14)16(10)8(2)7-9-5-6-9/h8-9H,4-7,14H2,1-3H3. The third-order valence-corrected chi connectivity index (χ3v) is 3.53. The highest BCUT2D eigenvalue weighted by Crippen LogP contribution is 2.38. The zero-order valence-corrected chi connectivity index (χ0v) is 11.3. The van der Waals surface area contributed by atoms with Crippen LogP contribution in [0.1, 0.15) is 55.5 Å². The summed E-state index contributed by atoms with van der Waals surface area (Å²) < 4.78 is 6.70. The number of anilines is 1. The van der Waals surface area contributed by atoms with Crippen LogP contribution >= 0.6 is 0 Å². The summed E-state index contributed by atoms with van der Waals surface area (Å²) in [7, 11) is 1.35. The van der Waals surface area contributed by atoms with Gasteiger partial charge < -0.3 is 15.0 Å². The Morgan fingerprint density at radius 1 is 1.61 bits per heavy atom. The van der Waals surface area contributed by atoms with E-state index in [2.05, 4.69) is 11.9 Å². The lowest BCUT2D eigenvalue weighted by atomic mass is 10.1. The maximum absolute atomic E-state index is 11.6. The molecule has 0 saturated heterocycles. The molecule has 1 saturated carbocycles. The normalized spacial score (nSPS) is 16.6. The Kier molecular flexibility index (Phi) is 3.59. The number of carbonyl (C=O) groups is 1. The van der Waals surface area contributed by atoms with Gasteiger partial charge in [0, 0.05) is 12.5 Å². The molecule has 2 rings (SSSR count). The van der Waals surface area contributed by atoms with Gasteiger partial charge in [0.05, 0.1) is 7.11 Å². The van der Waals surface area contributed by atoms with Crippen molar-refractivity contribution in [3.8, 4) is 0 Å². The van der Waals surface area contributed by atoms with Crippen LogP contribution in [0.25, 0.3) is 0 Å². The van der Waals surface area contributed by atoms with Crippen molar-refractivity contribution in [2.24, 2.45) is 5.92 Å². The molecule has 1 atom stereocenters. The Labute approximate surface area is 107 Å². The summed E-state index contributed by atoms with van der Waals surface area (Å²) in [6.45, 7) is 4.15. The lowest BCUT2D eigenvalue weighted by Crippen LogP contribution is -2.13. The molecule has 0 amide bonds. The maximum atomic E-state index is 11.6. The van der Waals surface area contributed by atoms with Crippen molar-refractivity contribution in [3.63, 3.8) is 0 Å². The second-order valence-corrected chi connectivity index (χ2v) is 5.01. The Hall–Kier alpha value is -1.52. The van der Waals surface area contributed by atoms with Crippen molar-refractivity contribution in [1.29, 1.82) is 0 Å². The second-order valence-electron chi connectivity index (χ2n) is 5.01. The van der Waals surface area contributed by atoms with Crippen molar-refractivity contribution >= 4 is 11.8 Å². The molecule has 5 heteroatoms. The first-order valence-corrected chi connectivity index (χ1v) is 6.53. The highest BCUT2D eigenvalue weighted by Gasteiger charge is 2.28. The number of hydrogen-bond acceptors (Lipinski definition) is 4. The van der Waals surface area contributed by atoms with Gasteiger partial charge in [0.15, 0.2) is 5.69 Å². The number of rotatable bonds is 5. The quantitative estimate of drug-likeness (QED) is 0.814. The van der Waals surface area contributed by atoms with Crippen LogP contribution in [-0.4, -0.2) is 22.6 Å². The number of ether oxygens (including phenoxy) is 1. The van der Waals surface area contributed by atoms with Crippen LogP contribution in [0.2, 0.25) is 0 Å². The van der Waals surface area contributed by atoms with Crippen LogP contribution in [-0.2, 0) is 11.2 Å². The van der Waals surface area contributed by atoms with Gasteiger partial charge in [0.25, 0.3) is 0 Å². The second kappa shape index (κ2) is 5.00. The molecule has 0 spiro atoms. The van der Waals surface area contributed by atoms with E-state index in [-0.39, 0.29) is 5.69 Å². The van der Waals surface area contributed by atoms with Gasteiger partial charge in [-0.1, -0.05) is 19.8 Å². The number of carbonyl (C=O) groups excluding carboxylic acids is 1. The molecule has 0 aromatic carbocycles. The summed E-state index contributed by atoms with van der Waals surface area (Å²) in [6, 6.07) is 0.290. The van der Waals surface area contributed by atoms with Gasteiger partial charge in [-0.3, -0.25) is 0 Å². The van der Waals surface area contributed by atoms with Crippen molar-refractivity contribution in [2.75, 3.05) is 12.8 Å². The minimum atomic E-state index is -0.459. The maximum Gasteiger partial charge on any atom is 0.360 e. The summed E-state index contributed by atoms with van der Waals surface area (Å²) in [4.78, 5) is 15.9. The summed E-state index contributed by atoms with van der Waals surface area (Å²) in [5.41, 5.74) is 6.30. The van der Waals surface area contributed by atoms with E-state index < -0.39 is 5.97 Å². The Balaban J connectivity index is 2.31. The van der Waals surface area contributed by atoms with Crippen molar-refractivity contribution in [1.82, 2.24) is 9.55 Å². The smallest absolute Gasteiger partial charge is 0.360 e. The van der Waals surface area contributed by atoms with Crippen LogP contribution in [0.15, 0.2) is 0 Å². The van der Waals surface area contributed by atoms with Gasteiger partial charge in [0.1, 0.15) is 11.6 Å². The van der Waals surface area contributed by atoms with E-state index in [0.717, 1.165) is 24.6 Å². The van der Waals surface area contributed by atoms with Gasteiger partial charge in [-0.25, -0.2) is 9.78 Å². The zero-order chi connectivity index (χ0) is 13.3. The van der Waals surface area contributed by atoms with Gasteiger partial charge in [-0.05, 0) is 19.3 Å². The van der Waals surface area contributed by atoms with Crippen molar-refractivity contribution in [2.45, 2.75) is 45.6 Å². The molecule has 2 N–H and O–H groups in total. The van der Waals surface area contributed by atoms with Crippen LogP contribution in [0, 0.1) is 5.92 Å². The van der Waals surface area contributed by atoms with E-state index in [1.54, 1.807) is 0 Å². The third kappa shape index (κ3) is 2.35. The van der Waals surface area contributed by atoms with Crippen LogP contribution < -0.4 is 5.73 Å². The van der Waals surface area contributed by atoms with E-state index in [4.69, 9.17) is 10.5 Å². The van der Waals surface area contributed by atoms with Crippen LogP contribution in [0.3, 0.4) is 0 Å². The van der Waals surface area contributed by atoms with Crippen molar-refractivity contribution < 1.29 is 9.53 Å². The molecule has 1 fully saturated rings. The number of aryl methyl sites for hydroxylation is 1. The topological polar surface area (TPSA) is 70.1 Å². The van der Waals surface area contributed by atoms with Gasteiger partial charge in [-0.2, -0.15) is 0 Å². The fourth-order valence-corrected chi connectivity index (χ4v) is 2.42. The molecule has 1 aliphatic carbocycles. The number of hydrogen-bond donors (Lipinski definition) is 1. The Morgan fingerprint density at radius 2 is 2.28 bits per heavy atom. The summed E-state index contributed by atoms with van der Waals surface area (Å²) in [5, 5.41) is 0. The lowest BCUT2D eigenvalue weighted by molar-refractivity contribution is 0.0595. The SMILES string of the molecule is CCc1nc(C(=O)OC)c(N)n1C(C)CC1CC1. The van der Waals surface area contributed by atoms with E-state index in [9.17, 15) is 4.79 Å². The summed E-state index contributed by atoms with van der Waals surface area (Å²) in [5.74, 6) is 1.65. The fraction of sp³-hybridized carbons (Fsp3) is 0.692. The minimum absolute atomic E-state index is 0.247. The van der Waals surface area contributed by atoms with E-state index in [0.29, 0.717) is 11.9 Å². The molecular formula is C13H21N3O2. The summed E-state index contributed by atoms with van der Waals surface area (Å²) >= 11 is 0. The Morgan fingerprint density at radius 3 is 2.78 bits per heavy atom. The van der Waals surface area contributed by atoms with E-state index in [1.807, 2.05) is 11.5 Å². The van der Waals surface area contributed by atoms with Crippen molar-refractivity contribution in [3.05, 3.63) is 11.5 Å². The number of nitrogens with zero attached hydrogens (tertiary/aromatic N) is 2. The molecule has 1 aliphatic rings. The number of esters is 1. The number of methoxy groups -OCH3 is 1. The zero-order valence-electron chi connectivity index (χ0n) is 11.3. The highest BCUT2D eigenvalue weighted by atomic mass is 16.5. The first-order chi connectivity index (χ1) is 8.58. The average molecular weight is 251 g/mol. The van der Waals surface area contributed by atoms with Crippen LogP contribution in [0.5, 0.6) is 0 Å². The molecule has 0 bridgehead atoms. The number of nitrogens with two attached hydrogens (primary N) is 1. The predicted molar refractivity (Wildman–Crippen MR) is 69.4 cm³/mol. The molecular weight excluding hydrogens is 230 g/mol. The lowest BCUT2D eigenvalue weighted by Gasteiger charge is -2.17. The first-order valence-electron chi connectivity index (χ1n) is 6.53. The van der Waals surface area contributed by atoms with Crippen LogP contribution in [0.4, 0.5) is 5.82 Å². The van der Waals surface area contributed by atoms with E-state index >= 15 is 0 Å². The Bertz CT molecular complexity index is 449. The molecule has 100 valence electrons. The monoisotopic (exact) mass is 251 g/mol. The number of imidazole rings is 1. The average Bonchev–Trinajstić information content (AvgIpc) is 3.10. The molecule has 1 unspecified atom stereocenters. The molecule has 1 aromatic heterocycles. The third-order valence-electron chi connectivity index (χ3n) is 3.53. The molecule has 5 nitrogen and oxygen atoms in total. The molecule has 0 aliphatic heterocycles. The van der Waals surface area contributed by atoms with Gasteiger partial charge in [-0.15, -0.1) is 0 Å². The molecule has 1 heterocycles. The minimum Gasteiger partial charge on any atom is -0.464 e. The molecule has 18 heavy (non-hydrogen) atoms. The highest BCUT2D eigenvalue weighted by molar-refractivity contribution is 5.92. The first kappa shape index (κ1) is 12.9. The molecule has 1 aromatic rings. The number of aromatic nitrogens is 2. The predicted octanol–water partition coefficient (Wildman–Crippen LogP) is 2.18. The number of nitrogen functional groups attached to an aromatic ring is 1. The van der Waals surface area contributed by atoms with Gasteiger partial charge >= 0.3 is 5.97 Å². The largest absolute Gasteiger partial charge is 0.464 e. The van der Waals surface area contributed by atoms with Gasteiger partial charge in [0.2, 0.25) is 0 Å². The fourth-order valence-electron chi connectivity index (χ4n) is 2.42.